The second kappa shape index (κ2) is 10.2. The number of amides is 1. The Morgan fingerprint density at radius 1 is 1.19 bits per heavy atom. The molecule has 5 rings (SSSR count). The molecule has 1 amide bonds. The summed E-state index contributed by atoms with van der Waals surface area (Å²) in [6.45, 7) is 3.89. The van der Waals surface area contributed by atoms with Crippen molar-refractivity contribution in [2.24, 2.45) is 0 Å². The van der Waals surface area contributed by atoms with Gasteiger partial charge >= 0.3 is 0 Å². The average Bonchev–Trinajstić information content (AvgIpc) is 3.54. The number of rotatable bonds is 8. The summed E-state index contributed by atoms with van der Waals surface area (Å²) in [6, 6.07) is 15.9. The zero-order valence-electron chi connectivity index (χ0n) is 20.3. The Morgan fingerprint density at radius 3 is 2.72 bits per heavy atom. The van der Waals surface area contributed by atoms with Gasteiger partial charge in [0.05, 0.1) is 22.4 Å². The number of anilines is 1. The van der Waals surface area contributed by atoms with E-state index in [-0.39, 0.29) is 18.1 Å². The van der Waals surface area contributed by atoms with E-state index in [1.54, 1.807) is 13.2 Å². The fraction of sp³-hybridized carbons (Fsp3) is 0.296. The number of imidazole rings is 1. The second-order valence-electron chi connectivity index (χ2n) is 9.19. The van der Waals surface area contributed by atoms with E-state index in [4.69, 9.17) is 21.3 Å². The Labute approximate surface area is 214 Å². The van der Waals surface area contributed by atoms with E-state index in [1.165, 1.54) is 11.1 Å². The van der Waals surface area contributed by atoms with Crippen LogP contribution in [0.25, 0.3) is 22.6 Å². The maximum absolute atomic E-state index is 11.4. The van der Waals surface area contributed by atoms with Gasteiger partial charge < -0.3 is 25.7 Å². The fourth-order valence-corrected chi connectivity index (χ4v) is 4.80. The van der Waals surface area contributed by atoms with Crippen LogP contribution in [0.2, 0.25) is 5.02 Å². The number of hydrogen-bond acceptors (Lipinski definition) is 6. The molecular weight excluding hydrogens is 476 g/mol. The molecule has 0 bridgehead atoms. The zero-order valence-corrected chi connectivity index (χ0v) is 21.1. The quantitative estimate of drug-likeness (QED) is 0.288. The monoisotopic (exact) mass is 504 g/mol. The van der Waals surface area contributed by atoms with E-state index in [9.17, 15) is 4.79 Å². The lowest BCUT2D eigenvalue weighted by atomic mass is 9.87. The van der Waals surface area contributed by atoms with Crippen molar-refractivity contribution in [1.29, 1.82) is 0 Å². The van der Waals surface area contributed by atoms with E-state index in [1.807, 2.05) is 24.3 Å². The number of aryl methyl sites for hydroxylation is 1. The highest BCUT2D eigenvalue weighted by Crippen LogP contribution is 2.35. The SMILES string of the molecule is CNC(=O)COc1ccc(-c2nc3ncc(Cl)c(N[C@@]4(Cc5ccccc5C)CCNC4)c3[nH]2)cc1. The number of aromatic amines is 1. The molecule has 0 radical (unpaired) electrons. The van der Waals surface area contributed by atoms with Crippen LogP contribution in [-0.4, -0.2) is 53.1 Å². The Bertz CT molecular complexity index is 1380. The molecule has 3 heterocycles. The van der Waals surface area contributed by atoms with Crippen molar-refractivity contribution in [3.8, 4) is 17.1 Å². The van der Waals surface area contributed by atoms with E-state index < -0.39 is 0 Å². The second-order valence-corrected chi connectivity index (χ2v) is 9.59. The van der Waals surface area contributed by atoms with Crippen LogP contribution in [0.1, 0.15) is 17.5 Å². The number of carbonyl (C=O) groups excluding carboxylic acids is 1. The largest absolute Gasteiger partial charge is 0.484 e. The highest BCUT2D eigenvalue weighted by atomic mass is 35.5. The van der Waals surface area contributed by atoms with Crippen molar-refractivity contribution in [1.82, 2.24) is 25.6 Å². The highest BCUT2D eigenvalue weighted by molar-refractivity contribution is 6.34. The maximum atomic E-state index is 11.4. The molecule has 1 saturated heterocycles. The van der Waals surface area contributed by atoms with Crippen LogP contribution in [0.5, 0.6) is 5.75 Å². The summed E-state index contributed by atoms with van der Waals surface area (Å²) in [5, 5.41) is 10.4. The Morgan fingerprint density at radius 2 is 2.00 bits per heavy atom. The van der Waals surface area contributed by atoms with Crippen LogP contribution in [0.15, 0.2) is 54.7 Å². The first-order valence-corrected chi connectivity index (χ1v) is 12.4. The van der Waals surface area contributed by atoms with Crippen LogP contribution in [0.4, 0.5) is 5.69 Å². The molecule has 0 saturated carbocycles. The summed E-state index contributed by atoms with van der Waals surface area (Å²) < 4.78 is 5.50. The molecule has 1 aliphatic heterocycles. The molecule has 36 heavy (non-hydrogen) atoms. The number of pyridine rings is 1. The number of nitrogens with one attached hydrogen (secondary N) is 4. The lowest BCUT2D eigenvalue weighted by Gasteiger charge is -2.32. The van der Waals surface area contributed by atoms with Crippen LogP contribution < -0.4 is 20.7 Å². The van der Waals surface area contributed by atoms with Gasteiger partial charge in [-0.15, -0.1) is 0 Å². The standard InChI is InChI=1S/C27H29ClN6O2/c1-17-5-3-4-6-19(17)13-27(11-12-30-16-27)34-23-21(28)14-31-26-24(23)32-25(33-26)18-7-9-20(10-8-18)36-15-22(35)29-2/h3-10,14,30H,11-13,15-16H2,1-2H3,(H,29,35)(H2,31,32,33,34)/t27-/m1/s1. The van der Waals surface area contributed by atoms with Crippen molar-refractivity contribution in [3.05, 3.63) is 70.9 Å². The van der Waals surface area contributed by atoms with E-state index in [0.29, 0.717) is 22.2 Å². The minimum Gasteiger partial charge on any atom is -0.484 e. The molecule has 9 heteroatoms. The Kier molecular flexibility index (Phi) is 6.80. The van der Waals surface area contributed by atoms with E-state index in [0.717, 1.165) is 42.7 Å². The summed E-state index contributed by atoms with van der Waals surface area (Å²) in [6.07, 6.45) is 3.50. The van der Waals surface area contributed by atoms with Gasteiger partial charge in [-0.05, 0) is 61.7 Å². The van der Waals surface area contributed by atoms with Gasteiger partial charge in [0.15, 0.2) is 12.3 Å². The summed E-state index contributed by atoms with van der Waals surface area (Å²) in [4.78, 5) is 24.0. The number of likely N-dealkylation sites (N-methyl/N-ethyl adjacent to an activating group) is 1. The molecular formula is C27H29ClN6O2. The van der Waals surface area contributed by atoms with Crippen LogP contribution in [0, 0.1) is 6.92 Å². The third kappa shape index (κ3) is 5.01. The van der Waals surface area contributed by atoms with Gasteiger partial charge in [0, 0.05) is 19.2 Å². The van der Waals surface area contributed by atoms with Crippen LogP contribution in [-0.2, 0) is 11.2 Å². The third-order valence-electron chi connectivity index (χ3n) is 6.67. The number of H-pyrrole nitrogens is 1. The smallest absolute Gasteiger partial charge is 0.257 e. The number of nitrogens with zero attached hydrogens (tertiary/aromatic N) is 2. The van der Waals surface area contributed by atoms with E-state index >= 15 is 0 Å². The zero-order chi connectivity index (χ0) is 25.1. The lowest BCUT2D eigenvalue weighted by Crippen LogP contribution is -2.43. The van der Waals surface area contributed by atoms with Gasteiger partial charge in [-0.25, -0.2) is 9.97 Å². The number of hydrogen-bond donors (Lipinski definition) is 4. The molecule has 1 fully saturated rings. The fourth-order valence-electron chi connectivity index (χ4n) is 4.61. The molecule has 8 nitrogen and oxygen atoms in total. The first kappa shape index (κ1) is 24.1. The molecule has 0 spiro atoms. The summed E-state index contributed by atoms with van der Waals surface area (Å²) in [7, 11) is 1.58. The molecule has 0 unspecified atom stereocenters. The maximum Gasteiger partial charge on any atom is 0.257 e. The minimum atomic E-state index is -0.183. The topological polar surface area (TPSA) is 104 Å². The Hall–Kier alpha value is -3.62. The number of aromatic nitrogens is 3. The predicted molar refractivity (Wildman–Crippen MR) is 143 cm³/mol. The van der Waals surface area contributed by atoms with Gasteiger partial charge in [-0.2, -0.15) is 0 Å². The number of halogens is 1. The molecule has 4 N–H and O–H groups in total. The van der Waals surface area contributed by atoms with Gasteiger partial charge in [0.1, 0.15) is 17.1 Å². The molecule has 4 aromatic rings. The molecule has 2 aromatic carbocycles. The molecule has 2 aromatic heterocycles. The Balaban J connectivity index is 1.43. The van der Waals surface area contributed by atoms with E-state index in [2.05, 4.69) is 57.1 Å². The average molecular weight is 505 g/mol. The van der Waals surface area contributed by atoms with Crippen molar-refractivity contribution in [3.63, 3.8) is 0 Å². The van der Waals surface area contributed by atoms with Crippen molar-refractivity contribution >= 4 is 34.4 Å². The van der Waals surface area contributed by atoms with Crippen LogP contribution >= 0.6 is 11.6 Å². The number of carbonyl (C=O) groups is 1. The van der Waals surface area contributed by atoms with Crippen molar-refractivity contribution in [2.45, 2.75) is 25.3 Å². The normalized spacial score (nSPS) is 17.3. The van der Waals surface area contributed by atoms with Gasteiger partial charge in [-0.3, -0.25) is 4.79 Å². The number of fused-ring (bicyclic) bond motifs is 1. The van der Waals surface area contributed by atoms with Crippen molar-refractivity contribution < 1.29 is 9.53 Å². The van der Waals surface area contributed by atoms with Gasteiger partial charge in [0.2, 0.25) is 0 Å². The summed E-state index contributed by atoms with van der Waals surface area (Å²) >= 11 is 6.68. The molecule has 1 atom stereocenters. The number of benzene rings is 2. The number of ether oxygens (including phenoxy) is 1. The minimum absolute atomic E-state index is 0.0307. The summed E-state index contributed by atoms with van der Waals surface area (Å²) in [5.74, 6) is 1.10. The third-order valence-corrected chi connectivity index (χ3v) is 6.96. The predicted octanol–water partition coefficient (Wildman–Crippen LogP) is 4.10. The first-order valence-electron chi connectivity index (χ1n) is 12.0. The molecule has 186 valence electrons. The van der Waals surface area contributed by atoms with Crippen LogP contribution in [0.3, 0.4) is 0 Å². The van der Waals surface area contributed by atoms with Gasteiger partial charge in [0.25, 0.3) is 5.91 Å². The molecule has 1 aliphatic rings. The van der Waals surface area contributed by atoms with Gasteiger partial charge in [-0.1, -0.05) is 35.9 Å². The lowest BCUT2D eigenvalue weighted by molar-refractivity contribution is -0.122. The van der Waals surface area contributed by atoms with Crippen molar-refractivity contribution in [2.75, 3.05) is 32.1 Å². The first-order chi connectivity index (χ1) is 17.5. The molecule has 0 aliphatic carbocycles. The summed E-state index contributed by atoms with van der Waals surface area (Å²) in [5.41, 5.74) is 5.46. The highest BCUT2D eigenvalue weighted by Gasteiger charge is 2.35.